The Kier molecular flexibility index (Phi) is 8.58. The van der Waals surface area contributed by atoms with Crippen molar-refractivity contribution < 1.29 is 42.6 Å². The highest BCUT2D eigenvalue weighted by atomic mass is 19.4. The van der Waals surface area contributed by atoms with E-state index >= 15 is 0 Å². The highest BCUT2D eigenvalue weighted by Crippen LogP contribution is 2.34. The third-order valence-electron chi connectivity index (χ3n) is 5.44. The Labute approximate surface area is 204 Å². The Bertz CT molecular complexity index is 1220. The molecule has 4 N–H and O–H groups in total. The van der Waals surface area contributed by atoms with Gasteiger partial charge in [-0.05, 0) is 28.8 Å². The number of hydrogen-bond donors (Lipinski definition) is 3. The zero-order chi connectivity index (χ0) is 27.3. The third-order valence-corrected chi connectivity index (χ3v) is 5.44. The minimum absolute atomic E-state index is 0.0701. The number of nitrogens with zero attached hydrogens (tertiary/aromatic N) is 2. The number of halogens is 3. The van der Waals surface area contributed by atoms with Crippen LogP contribution in [0.2, 0.25) is 0 Å². The van der Waals surface area contributed by atoms with Crippen molar-refractivity contribution in [2.45, 2.75) is 19.1 Å². The number of benzene rings is 2. The number of quaternary nitrogens is 1. The van der Waals surface area contributed by atoms with E-state index in [2.05, 4.69) is 6.04 Å². The van der Waals surface area contributed by atoms with Gasteiger partial charge in [-0.3, -0.25) is 9.59 Å². The zero-order valence-electron chi connectivity index (χ0n) is 19.1. The van der Waals surface area contributed by atoms with Gasteiger partial charge in [0, 0.05) is 19.2 Å². The van der Waals surface area contributed by atoms with Gasteiger partial charge in [0.15, 0.2) is 5.69 Å². The number of alkyl halides is 3. The first kappa shape index (κ1) is 28.0. The number of terminal acetylenes is 1. The Balaban J connectivity index is 0.000000572. The average Bonchev–Trinajstić information content (AvgIpc) is 2.91. The lowest BCUT2D eigenvalue weighted by Gasteiger charge is -2.23. The van der Waals surface area contributed by atoms with E-state index < -0.39 is 28.5 Å². The molecule has 2 amide bonds. The molecule has 0 saturated heterocycles. The second-order valence-electron chi connectivity index (χ2n) is 7.84. The van der Waals surface area contributed by atoms with Crippen LogP contribution >= 0.6 is 0 Å². The van der Waals surface area contributed by atoms with Gasteiger partial charge in [-0.2, -0.15) is 17.7 Å². The van der Waals surface area contributed by atoms with Gasteiger partial charge in [0.1, 0.15) is 18.2 Å². The summed E-state index contributed by atoms with van der Waals surface area (Å²) < 4.78 is 31.3. The fourth-order valence-corrected chi connectivity index (χ4v) is 3.34. The third kappa shape index (κ3) is 6.26. The first-order chi connectivity index (χ1) is 16.7. The van der Waals surface area contributed by atoms with Crippen LogP contribution in [0.15, 0.2) is 42.5 Å². The van der Waals surface area contributed by atoms with Gasteiger partial charge in [-0.25, -0.2) is 9.59 Å². The predicted molar refractivity (Wildman–Crippen MR) is 123 cm³/mol. The van der Waals surface area contributed by atoms with Crippen molar-refractivity contribution in [1.82, 2.24) is 9.38 Å². The van der Waals surface area contributed by atoms with E-state index in [0.717, 1.165) is 16.7 Å². The van der Waals surface area contributed by atoms with Crippen molar-refractivity contribution in [3.8, 4) is 23.6 Å². The summed E-state index contributed by atoms with van der Waals surface area (Å²) in [5, 5.41) is 16.1. The van der Waals surface area contributed by atoms with Gasteiger partial charge in [0.2, 0.25) is 0 Å². The maximum absolute atomic E-state index is 13.2. The van der Waals surface area contributed by atoms with E-state index in [-0.39, 0.29) is 25.4 Å². The molecule has 1 atom stereocenters. The van der Waals surface area contributed by atoms with E-state index in [1.807, 2.05) is 30.3 Å². The fraction of sp³-hybridized carbons (Fsp3) is 0.250. The Morgan fingerprint density at radius 3 is 2.14 bits per heavy atom. The van der Waals surface area contributed by atoms with E-state index in [1.54, 1.807) is 19.2 Å². The molecule has 0 spiro atoms. The number of likely N-dealkylation sites (N-methyl/N-ethyl adjacent to an activating group) is 1. The molecular formula is C24H23F3N3O6+. The van der Waals surface area contributed by atoms with Crippen LogP contribution in [0.3, 0.4) is 0 Å². The maximum Gasteiger partial charge on any atom is 0.490 e. The van der Waals surface area contributed by atoms with Crippen molar-refractivity contribution in [3.63, 3.8) is 0 Å². The predicted octanol–water partition coefficient (Wildman–Crippen LogP) is 2.43. The Morgan fingerprint density at radius 2 is 1.67 bits per heavy atom. The smallest absolute Gasteiger partial charge is 0.481 e. The molecule has 1 aliphatic heterocycles. The molecule has 36 heavy (non-hydrogen) atoms. The van der Waals surface area contributed by atoms with Crippen molar-refractivity contribution >= 4 is 29.4 Å². The van der Waals surface area contributed by atoms with Gasteiger partial charge in [-0.15, -0.1) is 0 Å². The molecule has 0 radical (unpaired) electrons. The van der Waals surface area contributed by atoms with E-state index in [9.17, 15) is 27.6 Å². The number of nitrogens with two attached hydrogens (primary N) is 1. The summed E-state index contributed by atoms with van der Waals surface area (Å²) in [5.41, 5.74) is 9.01. The maximum atomic E-state index is 13.2. The molecule has 9 nitrogen and oxygen atoms in total. The molecule has 12 heteroatoms. The molecule has 2 aromatic carbocycles. The Hall–Kier alpha value is -4.21. The molecule has 0 fully saturated rings. The van der Waals surface area contributed by atoms with Crippen molar-refractivity contribution in [1.29, 1.82) is 0 Å². The quantitative estimate of drug-likeness (QED) is 0.418. The van der Waals surface area contributed by atoms with Crippen LogP contribution in [0.1, 0.15) is 22.3 Å². The highest BCUT2D eigenvalue weighted by molar-refractivity contribution is 6.09. The van der Waals surface area contributed by atoms with Crippen LogP contribution in [0.5, 0.6) is 0 Å². The monoisotopic (exact) mass is 506 g/mol. The number of fused-ring (bicyclic) bond motifs is 1. The number of carbonyl (C=O) groups is 4. The van der Waals surface area contributed by atoms with Gasteiger partial charge < -0.3 is 20.8 Å². The number of carbonyl (C=O) groups excluding carboxylic acids is 2. The van der Waals surface area contributed by atoms with Gasteiger partial charge in [0.25, 0.3) is 5.91 Å². The Morgan fingerprint density at radius 1 is 1.11 bits per heavy atom. The second kappa shape index (κ2) is 11.0. The zero-order valence-corrected chi connectivity index (χ0v) is 19.1. The molecule has 1 unspecified atom stereocenters. The molecular weight excluding hydrogens is 483 g/mol. The fourth-order valence-electron chi connectivity index (χ4n) is 3.34. The summed E-state index contributed by atoms with van der Waals surface area (Å²) in [6.45, 7) is 0.114. The summed E-state index contributed by atoms with van der Waals surface area (Å²) >= 11 is 0. The van der Waals surface area contributed by atoms with Crippen LogP contribution in [0, 0.1) is 12.5 Å². The number of amides is 2. The lowest BCUT2D eigenvalue weighted by molar-refractivity contribution is -0.192. The van der Waals surface area contributed by atoms with Crippen LogP contribution in [0.25, 0.3) is 11.1 Å². The van der Waals surface area contributed by atoms with Crippen LogP contribution in [-0.4, -0.2) is 65.2 Å². The summed E-state index contributed by atoms with van der Waals surface area (Å²) in [4.78, 5) is 47.1. The molecule has 0 saturated carbocycles. The van der Waals surface area contributed by atoms with Gasteiger partial charge in [-0.1, -0.05) is 30.7 Å². The average molecular weight is 506 g/mol. The molecule has 2 aromatic rings. The van der Waals surface area contributed by atoms with E-state index in [0.29, 0.717) is 17.8 Å². The molecule has 0 aromatic heterocycles. The molecule has 3 rings (SSSR count). The van der Waals surface area contributed by atoms with Crippen molar-refractivity contribution in [3.05, 3.63) is 53.6 Å². The van der Waals surface area contributed by atoms with Crippen LogP contribution in [0.4, 0.5) is 18.9 Å². The first-order valence-corrected chi connectivity index (χ1v) is 10.4. The second-order valence-corrected chi connectivity index (χ2v) is 7.84. The number of hydrogen-bond acceptors (Lipinski definition) is 5. The van der Waals surface area contributed by atoms with Crippen molar-refractivity contribution in [2.75, 3.05) is 20.1 Å². The normalized spacial score (nSPS) is 17.3. The lowest BCUT2D eigenvalue weighted by atomic mass is 9.99. The summed E-state index contributed by atoms with van der Waals surface area (Å²) in [6.07, 6.45) is 0.333. The molecule has 0 bridgehead atoms. The lowest BCUT2D eigenvalue weighted by Crippen LogP contribution is -2.49. The molecule has 190 valence electrons. The SMILES string of the molecule is C#C[N+]1(C)C(=O)CN(CCC(=O)O)C(=O)c2cc(-c3ccc(CN)cc3)ccc21.O=C(O)C(F)(F)F. The molecule has 1 aliphatic rings. The number of carboxylic acids is 2. The number of rotatable bonds is 5. The van der Waals surface area contributed by atoms with E-state index in [1.165, 1.54) is 4.90 Å². The summed E-state index contributed by atoms with van der Waals surface area (Å²) in [7, 11) is 1.56. The standard InChI is InChI=1S/C22H21N3O4.C2HF3O2/c1-3-25(2)19-9-8-17(16-6-4-15(13-23)5-7-16)12-18(19)22(29)24(14-20(25)26)11-10-21(27)28;3-2(4,5)1(6)7/h1,4-9,12H,10-11,13-14,23H2,2H3;(H,6,7)/p+1. The van der Waals surface area contributed by atoms with Crippen LogP contribution < -0.4 is 10.2 Å². The van der Waals surface area contributed by atoms with Crippen molar-refractivity contribution in [2.24, 2.45) is 5.73 Å². The number of carboxylic acid groups (broad SMARTS) is 2. The van der Waals surface area contributed by atoms with Gasteiger partial charge >= 0.3 is 24.0 Å². The summed E-state index contributed by atoms with van der Waals surface area (Å²) in [5.74, 6) is -4.58. The molecule has 1 heterocycles. The molecule has 0 aliphatic carbocycles. The minimum Gasteiger partial charge on any atom is -0.481 e. The minimum atomic E-state index is -5.08. The van der Waals surface area contributed by atoms with E-state index in [4.69, 9.17) is 27.2 Å². The topological polar surface area (TPSA) is 138 Å². The number of aliphatic carboxylic acids is 2. The summed E-state index contributed by atoms with van der Waals surface area (Å²) in [6, 6.07) is 15.3. The van der Waals surface area contributed by atoms with Gasteiger partial charge in [0.05, 0.1) is 13.5 Å². The largest absolute Gasteiger partial charge is 0.490 e. The highest BCUT2D eigenvalue weighted by Gasteiger charge is 2.43. The van der Waals surface area contributed by atoms with Crippen LogP contribution in [-0.2, 0) is 20.9 Å². The first-order valence-electron chi connectivity index (χ1n) is 10.4.